The number of likely N-dealkylation sites (tertiary alicyclic amines) is 1. The van der Waals surface area contributed by atoms with Gasteiger partial charge < -0.3 is 20.5 Å². The predicted molar refractivity (Wildman–Crippen MR) is 86.6 cm³/mol. The number of ether oxygens (including phenoxy) is 1. The molecule has 0 bridgehead atoms. The van der Waals surface area contributed by atoms with E-state index in [2.05, 4.69) is 17.9 Å². The SMILES string of the molecule is CCCN1CCC(O)C(Cc2ccc(OCC)c(N)c2)C1. The normalized spacial score (nSPS) is 23.2. The Morgan fingerprint density at radius 1 is 1.38 bits per heavy atom. The lowest BCUT2D eigenvalue weighted by Crippen LogP contribution is -2.44. The summed E-state index contributed by atoms with van der Waals surface area (Å²) in [5.41, 5.74) is 7.89. The minimum atomic E-state index is -0.203. The molecule has 118 valence electrons. The van der Waals surface area contributed by atoms with Crippen LogP contribution in [0.2, 0.25) is 0 Å². The molecule has 1 aromatic rings. The number of aliphatic hydroxyl groups excluding tert-OH is 1. The van der Waals surface area contributed by atoms with E-state index in [0.717, 1.165) is 38.2 Å². The maximum atomic E-state index is 10.2. The molecule has 0 spiro atoms. The lowest BCUT2D eigenvalue weighted by Gasteiger charge is -2.36. The maximum absolute atomic E-state index is 10.2. The van der Waals surface area contributed by atoms with Crippen molar-refractivity contribution in [3.8, 4) is 5.75 Å². The van der Waals surface area contributed by atoms with Crippen LogP contribution in [0.25, 0.3) is 0 Å². The first kappa shape index (κ1) is 16.1. The molecule has 1 fully saturated rings. The van der Waals surface area contributed by atoms with Crippen LogP contribution in [-0.4, -0.2) is 42.4 Å². The number of aliphatic hydroxyl groups is 1. The molecule has 0 aliphatic carbocycles. The van der Waals surface area contributed by atoms with Crippen molar-refractivity contribution >= 4 is 5.69 Å². The minimum absolute atomic E-state index is 0.203. The van der Waals surface area contributed by atoms with Gasteiger partial charge in [0.15, 0.2) is 0 Å². The summed E-state index contributed by atoms with van der Waals surface area (Å²) in [5.74, 6) is 1.04. The van der Waals surface area contributed by atoms with Crippen molar-refractivity contribution in [2.24, 2.45) is 5.92 Å². The van der Waals surface area contributed by atoms with Crippen molar-refractivity contribution in [2.45, 2.75) is 39.2 Å². The average Bonchev–Trinajstić information content (AvgIpc) is 2.46. The zero-order valence-corrected chi connectivity index (χ0v) is 13.2. The second-order valence-corrected chi connectivity index (χ2v) is 5.93. The Kier molecular flexibility index (Phi) is 5.88. The smallest absolute Gasteiger partial charge is 0.142 e. The van der Waals surface area contributed by atoms with Crippen molar-refractivity contribution in [3.05, 3.63) is 23.8 Å². The largest absolute Gasteiger partial charge is 0.492 e. The summed E-state index contributed by atoms with van der Waals surface area (Å²) in [6, 6.07) is 5.98. The number of nitrogens with zero attached hydrogens (tertiary/aromatic N) is 1. The topological polar surface area (TPSA) is 58.7 Å². The van der Waals surface area contributed by atoms with Crippen molar-refractivity contribution < 1.29 is 9.84 Å². The molecule has 4 nitrogen and oxygen atoms in total. The van der Waals surface area contributed by atoms with Crippen LogP contribution < -0.4 is 10.5 Å². The van der Waals surface area contributed by atoms with Crippen LogP contribution in [0.5, 0.6) is 5.75 Å². The molecular weight excluding hydrogens is 264 g/mol. The van der Waals surface area contributed by atoms with Crippen LogP contribution in [0.15, 0.2) is 18.2 Å². The molecule has 1 aliphatic rings. The lowest BCUT2D eigenvalue weighted by molar-refractivity contribution is 0.0270. The fourth-order valence-corrected chi connectivity index (χ4v) is 3.13. The van der Waals surface area contributed by atoms with Crippen molar-refractivity contribution in [1.29, 1.82) is 0 Å². The number of hydrogen-bond donors (Lipinski definition) is 2. The molecule has 1 heterocycles. The van der Waals surface area contributed by atoms with E-state index >= 15 is 0 Å². The Balaban J connectivity index is 2.00. The van der Waals surface area contributed by atoms with E-state index in [9.17, 15) is 5.11 Å². The van der Waals surface area contributed by atoms with Gasteiger partial charge in [-0.3, -0.25) is 0 Å². The number of hydrogen-bond acceptors (Lipinski definition) is 4. The molecule has 2 unspecified atom stereocenters. The summed E-state index contributed by atoms with van der Waals surface area (Å²) in [7, 11) is 0. The zero-order valence-electron chi connectivity index (χ0n) is 13.2. The molecule has 21 heavy (non-hydrogen) atoms. The molecule has 0 aromatic heterocycles. The van der Waals surface area contributed by atoms with E-state index in [1.54, 1.807) is 0 Å². The zero-order chi connectivity index (χ0) is 15.2. The highest BCUT2D eigenvalue weighted by Crippen LogP contribution is 2.26. The third-order valence-corrected chi connectivity index (χ3v) is 4.19. The third-order valence-electron chi connectivity index (χ3n) is 4.19. The first-order valence-corrected chi connectivity index (χ1v) is 8.05. The van der Waals surface area contributed by atoms with Gasteiger partial charge in [0.25, 0.3) is 0 Å². The Morgan fingerprint density at radius 2 is 2.19 bits per heavy atom. The molecule has 1 saturated heterocycles. The number of nitrogen functional groups attached to an aromatic ring is 1. The van der Waals surface area contributed by atoms with Crippen LogP contribution >= 0.6 is 0 Å². The van der Waals surface area contributed by atoms with Gasteiger partial charge in [-0.1, -0.05) is 13.0 Å². The van der Waals surface area contributed by atoms with Crippen molar-refractivity contribution in [1.82, 2.24) is 4.90 Å². The number of benzene rings is 1. The van der Waals surface area contributed by atoms with Gasteiger partial charge in [-0.15, -0.1) is 0 Å². The second-order valence-electron chi connectivity index (χ2n) is 5.93. The number of rotatable bonds is 6. The van der Waals surface area contributed by atoms with Crippen molar-refractivity contribution in [2.75, 3.05) is 32.0 Å². The Labute approximate surface area is 127 Å². The summed E-state index contributed by atoms with van der Waals surface area (Å²) in [4.78, 5) is 2.45. The number of anilines is 1. The monoisotopic (exact) mass is 292 g/mol. The van der Waals surface area contributed by atoms with Gasteiger partial charge in [0.2, 0.25) is 0 Å². The van der Waals surface area contributed by atoms with Gasteiger partial charge in [0.05, 0.1) is 18.4 Å². The number of nitrogens with two attached hydrogens (primary N) is 1. The van der Waals surface area contributed by atoms with Crippen LogP contribution in [0.4, 0.5) is 5.69 Å². The van der Waals surface area contributed by atoms with Gasteiger partial charge in [-0.25, -0.2) is 0 Å². The van der Waals surface area contributed by atoms with Crippen LogP contribution in [0.1, 0.15) is 32.3 Å². The molecule has 2 atom stereocenters. The lowest BCUT2D eigenvalue weighted by atomic mass is 9.88. The van der Waals surface area contributed by atoms with Crippen molar-refractivity contribution in [3.63, 3.8) is 0 Å². The summed E-state index contributed by atoms with van der Waals surface area (Å²) in [6.45, 7) is 7.88. The Bertz CT molecular complexity index is 450. The van der Waals surface area contributed by atoms with E-state index in [-0.39, 0.29) is 6.10 Å². The highest BCUT2D eigenvalue weighted by molar-refractivity contribution is 5.54. The molecule has 0 radical (unpaired) electrons. The standard InChI is InChI=1S/C17H28N2O2/c1-3-8-19-9-7-16(20)14(12-19)10-13-5-6-17(21-4-2)15(18)11-13/h5-6,11,14,16,20H,3-4,7-10,12,18H2,1-2H3. The van der Waals surface area contributed by atoms with Crippen LogP contribution in [-0.2, 0) is 6.42 Å². The molecule has 1 aliphatic heterocycles. The summed E-state index contributed by atoms with van der Waals surface area (Å²) < 4.78 is 5.47. The van der Waals surface area contributed by atoms with E-state index in [4.69, 9.17) is 10.5 Å². The van der Waals surface area contributed by atoms with Crippen LogP contribution in [0, 0.1) is 5.92 Å². The molecular formula is C17H28N2O2. The van der Waals surface area contributed by atoms with E-state index < -0.39 is 0 Å². The highest BCUT2D eigenvalue weighted by Gasteiger charge is 2.27. The van der Waals surface area contributed by atoms with E-state index in [1.807, 2.05) is 19.1 Å². The molecule has 1 aromatic carbocycles. The maximum Gasteiger partial charge on any atom is 0.142 e. The molecule has 0 amide bonds. The molecule has 0 saturated carbocycles. The first-order valence-electron chi connectivity index (χ1n) is 8.05. The minimum Gasteiger partial charge on any atom is -0.492 e. The number of piperidine rings is 1. The fraction of sp³-hybridized carbons (Fsp3) is 0.647. The third kappa shape index (κ3) is 4.35. The molecule has 2 rings (SSSR count). The van der Waals surface area contributed by atoms with Gasteiger partial charge >= 0.3 is 0 Å². The van der Waals surface area contributed by atoms with E-state index in [1.165, 1.54) is 12.0 Å². The molecule has 4 heteroatoms. The predicted octanol–water partition coefficient (Wildman–Crippen LogP) is 2.30. The van der Waals surface area contributed by atoms with Gasteiger partial charge in [-0.2, -0.15) is 0 Å². The van der Waals surface area contributed by atoms with E-state index in [0.29, 0.717) is 18.2 Å². The Hall–Kier alpha value is -1.26. The fourth-order valence-electron chi connectivity index (χ4n) is 3.13. The van der Waals surface area contributed by atoms with Gasteiger partial charge in [-0.05, 0) is 50.4 Å². The summed E-state index contributed by atoms with van der Waals surface area (Å²) in [6.07, 6.45) is 2.71. The first-order chi connectivity index (χ1) is 10.1. The second kappa shape index (κ2) is 7.66. The summed E-state index contributed by atoms with van der Waals surface area (Å²) in [5, 5.41) is 10.2. The summed E-state index contributed by atoms with van der Waals surface area (Å²) >= 11 is 0. The quantitative estimate of drug-likeness (QED) is 0.790. The van der Waals surface area contributed by atoms with Gasteiger partial charge in [0, 0.05) is 19.0 Å². The van der Waals surface area contributed by atoms with Gasteiger partial charge in [0.1, 0.15) is 5.75 Å². The molecule has 3 N–H and O–H groups in total. The van der Waals surface area contributed by atoms with Crippen LogP contribution in [0.3, 0.4) is 0 Å². The Morgan fingerprint density at radius 3 is 2.86 bits per heavy atom. The average molecular weight is 292 g/mol. The highest BCUT2D eigenvalue weighted by atomic mass is 16.5.